The molecular weight excluding hydrogens is 176 g/mol. The number of amides is 1. The third-order valence-electron chi connectivity index (χ3n) is 1.48. The molecule has 0 fully saturated rings. The molecule has 0 heterocycles. The molecule has 0 spiro atoms. The zero-order valence-corrected chi connectivity index (χ0v) is 9.00. The summed E-state index contributed by atoms with van der Waals surface area (Å²) in [6, 6.07) is 0. The van der Waals surface area contributed by atoms with Crippen molar-refractivity contribution in [1.82, 2.24) is 10.9 Å². The molecule has 0 aromatic heterocycles. The SMILES string of the molecule is C\C=C/C=C(\C=C/C)NNC(=O)CC. The van der Waals surface area contributed by atoms with E-state index in [-0.39, 0.29) is 5.91 Å². The van der Waals surface area contributed by atoms with Crippen LogP contribution in [0.3, 0.4) is 0 Å². The summed E-state index contributed by atoms with van der Waals surface area (Å²) in [4.78, 5) is 11.0. The van der Waals surface area contributed by atoms with Crippen LogP contribution in [0.2, 0.25) is 0 Å². The number of nitrogens with one attached hydrogen (secondary N) is 2. The third kappa shape index (κ3) is 6.06. The molecule has 3 nitrogen and oxygen atoms in total. The van der Waals surface area contributed by atoms with Crippen LogP contribution in [0.1, 0.15) is 27.2 Å². The summed E-state index contributed by atoms with van der Waals surface area (Å²) in [6.07, 6.45) is 9.97. The lowest BCUT2D eigenvalue weighted by atomic mass is 10.3. The summed E-state index contributed by atoms with van der Waals surface area (Å²) >= 11 is 0. The zero-order chi connectivity index (χ0) is 10.8. The quantitative estimate of drug-likeness (QED) is 0.519. The molecule has 2 N–H and O–H groups in total. The van der Waals surface area contributed by atoms with Crippen LogP contribution in [0.5, 0.6) is 0 Å². The molecule has 0 aliphatic carbocycles. The molecule has 0 radical (unpaired) electrons. The molecule has 0 aliphatic rings. The fraction of sp³-hybridized carbons (Fsp3) is 0.364. The van der Waals surface area contributed by atoms with Crippen molar-refractivity contribution in [3.05, 3.63) is 36.1 Å². The highest BCUT2D eigenvalue weighted by Gasteiger charge is 1.94. The van der Waals surface area contributed by atoms with Gasteiger partial charge in [0.05, 0.1) is 5.70 Å². The van der Waals surface area contributed by atoms with E-state index in [1.807, 2.05) is 51.2 Å². The Hall–Kier alpha value is -1.51. The van der Waals surface area contributed by atoms with E-state index in [1.54, 1.807) is 0 Å². The van der Waals surface area contributed by atoms with Crippen molar-refractivity contribution in [2.75, 3.05) is 0 Å². The molecule has 1 amide bonds. The summed E-state index contributed by atoms with van der Waals surface area (Å²) < 4.78 is 0. The van der Waals surface area contributed by atoms with Gasteiger partial charge in [-0.3, -0.25) is 15.6 Å². The Labute approximate surface area is 85.6 Å². The van der Waals surface area contributed by atoms with Gasteiger partial charge in [0.1, 0.15) is 0 Å². The maximum atomic E-state index is 11.0. The highest BCUT2D eigenvalue weighted by Crippen LogP contribution is 1.91. The van der Waals surface area contributed by atoms with Gasteiger partial charge in [-0.25, -0.2) is 0 Å². The van der Waals surface area contributed by atoms with Gasteiger partial charge in [0.15, 0.2) is 0 Å². The Bertz CT molecular complexity index is 252. The fourth-order valence-electron chi connectivity index (χ4n) is 0.749. The van der Waals surface area contributed by atoms with Crippen LogP contribution in [-0.2, 0) is 4.79 Å². The Morgan fingerprint density at radius 1 is 1.21 bits per heavy atom. The number of rotatable bonds is 5. The van der Waals surface area contributed by atoms with Crippen LogP contribution >= 0.6 is 0 Å². The first-order chi connectivity index (χ1) is 6.74. The van der Waals surface area contributed by atoms with E-state index in [0.29, 0.717) is 6.42 Å². The number of carbonyl (C=O) groups is 1. The Kier molecular flexibility index (Phi) is 7.23. The summed E-state index contributed by atoms with van der Waals surface area (Å²) in [5.74, 6) is -0.0270. The van der Waals surface area contributed by atoms with E-state index < -0.39 is 0 Å². The first-order valence-corrected chi connectivity index (χ1v) is 4.75. The molecule has 3 heteroatoms. The van der Waals surface area contributed by atoms with Gasteiger partial charge in [0.2, 0.25) is 5.91 Å². The minimum Gasteiger partial charge on any atom is -0.299 e. The van der Waals surface area contributed by atoms with Gasteiger partial charge in [-0.2, -0.15) is 0 Å². The van der Waals surface area contributed by atoms with Gasteiger partial charge in [-0.1, -0.05) is 25.2 Å². The summed E-state index contributed by atoms with van der Waals surface area (Å²) in [5.41, 5.74) is 6.27. The highest BCUT2D eigenvalue weighted by atomic mass is 16.2. The molecule has 0 aromatic carbocycles. The maximum Gasteiger partial charge on any atom is 0.238 e. The topological polar surface area (TPSA) is 41.1 Å². The lowest BCUT2D eigenvalue weighted by Crippen LogP contribution is -2.35. The molecule has 0 rings (SSSR count). The summed E-state index contributed by atoms with van der Waals surface area (Å²) in [5, 5.41) is 0. The standard InChI is InChI=1S/C11H18N2O/c1-4-7-9-10(8-5-2)12-13-11(14)6-3/h4-5,7-9,12H,6H2,1-3H3,(H,13,14)/b7-4-,8-5-,10-9+. The normalized spacial score (nSPS) is 12.4. The average molecular weight is 194 g/mol. The largest absolute Gasteiger partial charge is 0.299 e. The van der Waals surface area contributed by atoms with E-state index in [4.69, 9.17) is 0 Å². The lowest BCUT2D eigenvalue weighted by molar-refractivity contribution is -0.121. The van der Waals surface area contributed by atoms with E-state index in [2.05, 4.69) is 10.9 Å². The second-order valence-corrected chi connectivity index (χ2v) is 2.67. The predicted molar refractivity (Wildman–Crippen MR) is 59.3 cm³/mol. The molecule has 78 valence electrons. The number of carbonyl (C=O) groups excluding carboxylic acids is 1. The van der Waals surface area contributed by atoms with Gasteiger partial charge >= 0.3 is 0 Å². The summed E-state index contributed by atoms with van der Waals surface area (Å²) in [7, 11) is 0. The first-order valence-electron chi connectivity index (χ1n) is 4.75. The van der Waals surface area contributed by atoms with Gasteiger partial charge in [0, 0.05) is 6.42 Å². The monoisotopic (exact) mass is 194 g/mol. The zero-order valence-electron chi connectivity index (χ0n) is 9.00. The minimum atomic E-state index is -0.0270. The second kappa shape index (κ2) is 8.10. The van der Waals surface area contributed by atoms with E-state index in [0.717, 1.165) is 5.70 Å². The van der Waals surface area contributed by atoms with E-state index >= 15 is 0 Å². The molecule has 14 heavy (non-hydrogen) atoms. The van der Waals surface area contributed by atoms with Crippen molar-refractivity contribution >= 4 is 5.91 Å². The van der Waals surface area contributed by atoms with Crippen LogP contribution in [-0.4, -0.2) is 5.91 Å². The van der Waals surface area contributed by atoms with Crippen LogP contribution in [0.25, 0.3) is 0 Å². The molecule has 0 bridgehead atoms. The molecule has 0 atom stereocenters. The lowest BCUT2D eigenvalue weighted by Gasteiger charge is -2.07. The molecule has 0 saturated carbocycles. The van der Waals surface area contributed by atoms with Crippen molar-refractivity contribution in [1.29, 1.82) is 0 Å². The molecular formula is C11H18N2O. The minimum absolute atomic E-state index is 0.0270. The Balaban J connectivity index is 4.17. The van der Waals surface area contributed by atoms with Crippen molar-refractivity contribution in [3.63, 3.8) is 0 Å². The summed E-state index contributed by atoms with van der Waals surface area (Å²) in [6.45, 7) is 5.67. The van der Waals surface area contributed by atoms with E-state index in [9.17, 15) is 4.79 Å². The highest BCUT2D eigenvalue weighted by molar-refractivity contribution is 5.75. The van der Waals surface area contributed by atoms with Crippen molar-refractivity contribution in [3.8, 4) is 0 Å². The second-order valence-electron chi connectivity index (χ2n) is 2.67. The molecule has 0 aromatic rings. The molecule has 0 saturated heterocycles. The fourth-order valence-corrected chi connectivity index (χ4v) is 0.749. The smallest absolute Gasteiger partial charge is 0.238 e. The van der Waals surface area contributed by atoms with Crippen LogP contribution in [0, 0.1) is 0 Å². The third-order valence-corrected chi connectivity index (χ3v) is 1.48. The Morgan fingerprint density at radius 2 is 1.93 bits per heavy atom. The van der Waals surface area contributed by atoms with Crippen molar-refractivity contribution in [2.45, 2.75) is 27.2 Å². The number of hydrazine groups is 1. The Morgan fingerprint density at radius 3 is 2.43 bits per heavy atom. The van der Waals surface area contributed by atoms with Gasteiger partial charge in [-0.15, -0.1) is 0 Å². The maximum absolute atomic E-state index is 11.0. The van der Waals surface area contributed by atoms with Gasteiger partial charge in [-0.05, 0) is 26.0 Å². The number of hydrogen-bond donors (Lipinski definition) is 2. The number of allylic oxidation sites excluding steroid dienone is 5. The number of hydrogen-bond acceptors (Lipinski definition) is 2. The van der Waals surface area contributed by atoms with Crippen molar-refractivity contribution in [2.24, 2.45) is 0 Å². The average Bonchev–Trinajstić information content (AvgIpc) is 2.21. The van der Waals surface area contributed by atoms with Crippen molar-refractivity contribution < 1.29 is 4.79 Å². The molecule has 0 aliphatic heterocycles. The van der Waals surface area contributed by atoms with E-state index in [1.165, 1.54) is 0 Å². The van der Waals surface area contributed by atoms with Crippen LogP contribution in [0.15, 0.2) is 36.1 Å². The van der Waals surface area contributed by atoms with Gasteiger partial charge < -0.3 is 0 Å². The van der Waals surface area contributed by atoms with Crippen LogP contribution < -0.4 is 10.9 Å². The predicted octanol–water partition coefficient (Wildman–Crippen LogP) is 2.05. The van der Waals surface area contributed by atoms with Gasteiger partial charge in [0.25, 0.3) is 0 Å². The van der Waals surface area contributed by atoms with Crippen LogP contribution in [0.4, 0.5) is 0 Å². The first kappa shape index (κ1) is 12.5. The molecule has 0 unspecified atom stereocenters.